The summed E-state index contributed by atoms with van der Waals surface area (Å²) in [5.74, 6) is 0.810. The summed E-state index contributed by atoms with van der Waals surface area (Å²) in [6.07, 6.45) is 5.38. The van der Waals surface area contributed by atoms with Gasteiger partial charge in [-0.25, -0.2) is 4.68 Å². The van der Waals surface area contributed by atoms with Crippen LogP contribution in [0.4, 0.5) is 0 Å². The fraction of sp³-hybridized carbons (Fsp3) is 0.235. The SMILES string of the molecule is C=CCn1c(-c2cccnc2)nn(CN(C)Cc2cc(Br)cs2)c1=S. The van der Waals surface area contributed by atoms with E-state index in [0.717, 1.165) is 22.4 Å². The molecule has 8 heteroatoms. The van der Waals surface area contributed by atoms with Crippen LogP contribution in [0.1, 0.15) is 4.88 Å². The van der Waals surface area contributed by atoms with Gasteiger partial charge in [0.2, 0.25) is 0 Å². The van der Waals surface area contributed by atoms with Gasteiger partial charge in [-0.3, -0.25) is 14.5 Å². The minimum absolute atomic E-state index is 0.616. The topological polar surface area (TPSA) is 38.9 Å². The standard InChI is InChI=1S/C17H18BrN5S2/c1-3-7-22-16(13-5-4-6-19-9-13)20-23(17(22)24)12-21(2)10-15-8-14(18)11-25-15/h3-6,8-9,11H,1,7,10,12H2,2H3. The molecule has 0 amide bonds. The molecule has 0 fully saturated rings. The summed E-state index contributed by atoms with van der Waals surface area (Å²) in [6, 6.07) is 6.02. The lowest BCUT2D eigenvalue weighted by atomic mass is 10.3. The number of halogens is 1. The van der Waals surface area contributed by atoms with Crippen LogP contribution in [0.5, 0.6) is 0 Å². The summed E-state index contributed by atoms with van der Waals surface area (Å²) in [6.45, 7) is 5.90. The molecule has 3 heterocycles. The Labute approximate surface area is 164 Å². The van der Waals surface area contributed by atoms with Gasteiger partial charge in [-0.2, -0.15) is 5.10 Å². The molecular formula is C17H18BrN5S2. The number of pyridine rings is 1. The van der Waals surface area contributed by atoms with Crippen LogP contribution in [0.3, 0.4) is 0 Å². The van der Waals surface area contributed by atoms with E-state index >= 15 is 0 Å². The first-order chi connectivity index (χ1) is 12.1. The number of thiophene rings is 1. The van der Waals surface area contributed by atoms with Crippen molar-refractivity contribution in [3.63, 3.8) is 0 Å². The number of hydrogen-bond donors (Lipinski definition) is 0. The number of rotatable bonds is 7. The molecule has 0 bridgehead atoms. The molecule has 3 aromatic rings. The van der Waals surface area contributed by atoms with Gasteiger partial charge in [0.25, 0.3) is 0 Å². The summed E-state index contributed by atoms with van der Waals surface area (Å²) in [4.78, 5) is 7.66. The van der Waals surface area contributed by atoms with E-state index < -0.39 is 0 Å². The molecule has 0 unspecified atom stereocenters. The van der Waals surface area contributed by atoms with Gasteiger partial charge < -0.3 is 0 Å². The van der Waals surface area contributed by atoms with E-state index in [1.54, 1.807) is 23.7 Å². The molecule has 3 aromatic heterocycles. The zero-order valence-corrected chi connectivity index (χ0v) is 17.0. The van der Waals surface area contributed by atoms with Gasteiger partial charge in [-0.15, -0.1) is 17.9 Å². The predicted molar refractivity (Wildman–Crippen MR) is 108 cm³/mol. The Morgan fingerprint density at radius 1 is 1.48 bits per heavy atom. The van der Waals surface area contributed by atoms with E-state index in [4.69, 9.17) is 17.3 Å². The van der Waals surface area contributed by atoms with Gasteiger partial charge in [0.15, 0.2) is 10.6 Å². The summed E-state index contributed by atoms with van der Waals surface area (Å²) in [5.41, 5.74) is 0.944. The zero-order chi connectivity index (χ0) is 17.8. The lowest BCUT2D eigenvalue weighted by Gasteiger charge is -2.15. The summed E-state index contributed by atoms with van der Waals surface area (Å²) in [7, 11) is 2.06. The van der Waals surface area contributed by atoms with Crippen molar-refractivity contribution >= 4 is 39.5 Å². The quantitative estimate of drug-likeness (QED) is 0.402. The molecule has 3 rings (SSSR count). The van der Waals surface area contributed by atoms with Crippen LogP contribution in [0.25, 0.3) is 11.4 Å². The highest BCUT2D eigenvalue weighted by Gasteiger charge is 2.13. The molecule has 0 aliphatic rings. The largest absolute Gasteiger partial charge is 0.296 e. The second-order valence-electron chi connectivity index (χ2n) is 5.63. The van der Waals surface area contributed by atoms with Crippen molar-refractivity contribution in [2.75, 3.05) is 7.05 Å². The molecule has 0 saturated heterocycles. The zero-order valence-electron chi connectivity index (χ0n) is 13.8. The van der Waals surface area contributed by atoms with Crippen molar-refractivity contribution in [3.05, 3.63) is 62.7 Å². The van der Waals surface area contributed by atoms with Gasteiger partial charge in [0.05, 0.1) is 6.67 Å². The number of nitrogens with zero attached hydrogens (tertiary/aromatic N) is 5. The van der Waals surface area contributed by atoms with Crippen molar-refractivity contribution in [1.29, 1.82) is 0 Å². The van der Waals surface area contributed by atoms with E-state index in [2.05, 4.69) is 50.9 Å². The van der Waals surface area contributed by atoms with Crippen LogP contribution in [0.15, 0.2) is 53.1 Å². The van der Waals surface area contributed by atoms with Crippen molar-refractivity contribution in [2.24, 2.45) is 0 Å². The Morgan fingerprint density at radius 2 is 2.32 bits per heavy atom. The molecule has 0 N–H and O–H groups in total. The van der Waals surface area contributed by atoms with Crippen molar-refractivity contribution in [3.8, 4) is 11.4 Å². The Balaban J connectivity index is 1.86. The normalized spacial score (nSPS) is 11.2. The fourth-order valence-corrected chi connectivity index (χ4v) is 4.31. The molecule has 0 aliphatic carbocycles. The average Bonchev–Trinajstić information content (AvgIpc) is 3.14. The molecule has 0 atom stereocenters. The first-order valence-electron chi connectivity index (χ1n) is 7.69. The number of aromatic nitrogens is 4. The second-order valence-corrected chi connectivity index (χ2v) is 7.91. The van der Waals surface area contributed by atoms with Crippen molar-refractivity contribution < 1.29 is 0 Å². The van der Waals surface area contributed by atoms with Crippen LogP contribution < -0.4 is 0 Å². The predicted octanol–water partition coefficient (Wildman–Crippen LogP) is 4.58. The van der Waals surface area contributed by atoms with E-state index in [0.29, 0.717) is 18.0 Å². The third kappa shape index (κ3) is 4.33. The Bertz CT molecular complexity index is 913. The maximum atomic E-state index is 5.63. The first-order valence-corrected chi connectivity index (χ1v) is 9.77. The van der Waals surface area contributed by atoms with Crippen LogP contribution in [0.2, 0.25) is 0 Å². The van der Waals surface area contributed by atoms with Crippen LogP contribution in [0, 0.1) is 4.77 Å². The van der Waals surface area contributed by atoms with Gasteiger partial charge >= 0.3 is 0 Å². The summed E-state index contributed by atoms with van der Waals surface area (Å²) in [5, 5.41) is 6.82. The highest BCUT2D eigenvalue weighted by Crippen LogP contribution is 2.21. The fourth-order valence-electron chi connectivity index (χ4n) is 2.52. The minimum Gasteiger partial charge on any atom is -0.296 e. The maximum absolute atomic E-state index is 5.63. The Hall–Kier alpha value is -1.61. The summed E-state index contributed by atoms with van der Waals surface area (Å²) < 4.78 is 5.63. The number of hydrogen-bond acceptors (Lipinski definition) is 5. The lowest BCUT2D eigenvalue weighted by molar-refractivity contribution is 0.246. The molecule has 0 spiro atoms. The molecule has 0 saturated carbocycles. The highest BCUT2D eigenvalue weighted by molar-refractivity contribution is 9.10. The molecular weight excluding hydrogens is 418 g/mol. The van der Waals surface area contributed by atoms with Gasteiger partial charge in [0.1, 0.15) is 0 Å². The van der Waals surface area contributed by atoms with Crippen LogP contribution in [-0.4, -0.2) is 31.3 Å². The second kappa shape index (κ2) is 8.18. The number of allylic oxidation sites excluding steroid dienone is 1. The molecule has 0 radical (unpaired) electrons. The first kappa shape index (κ1) is 18.2. The van der Waals surface area contributed by atoms with Crippen molar-refractivity contribution in [2.45, 2.75) is 19.8 Å². The molecule has 130 valence electrons. The smallest absolute Gasteiger partial charge is 0.199 e. The van der Waals surface area contributed by atoms with E-state index in [9.17, 15) is 0 Å². The highest BCUT2D eigenvalue weighted by atomic mass is 79.9. The van der Waals surface area contributed by atoms with E-state index in [-0.39, 0.29) is 0 Å². The van der Waals surface area contributed by atoms with Gasteiger partial charge in [-0.05, 0) is 53.4 Å². The lowest BCUT2D eigenvalue weighted by Crippen LogP contribution is -2.22. The Morgan fingerprint density at radius 3 is 2.96 bits per heavy atom. The van der Waals surface area contributed by atoms with Crippen LogP contribution in [-0.2, 0) is 19.8 Å². The molecule has 25 heavy (non-hydrogen) atoms. The average molecular weight is 436 g/mol. The van der Waals surface area contributed by atoms with Crippen molar-refractivity contribution in [1.82, 2.24) is 24.2 Å². The van der Waals surface area contributed by atoms with Crippen LogP contribution >= 0.6 is 39.5 Å². The van der Waals surface area contributed by atoms with E-state index in [1.807, 2.05) is 27.5 Å². The van der Waals surface area contributed by atoms with Gasteiger partial charge in [-0.1, -0.05) is 6.08 Å². The molecule has 0 aliphatic heterocycles. The van der Waals surface area contributed by atoms with E-state index in [1.165, 1.54) is 4.88 Å². The minimum atomic E-state index is 0.616. The monoisotopic (exact) mass is 435 g/mol. The third-order valence-electron chi connectivity index (χ3n) is 3.58. The Kier molecular flexibility index (Phi) is 5.95. The molecule has 0 aromatic carbocycles. The van der Waals surface area contributed by atoms with Gasteiger partial charge in [0, 0.05) is 45.8 Å². The summed E-state index contributed by atoms with van der Waals surface area (Å²) >= 11 is 10.9. The third-order valence-corrected chi connectivity index (χ3v) is 5.69. The molecule has 5 nitrogen and oxygen atoms in total. The maximum Gasteiger partial charge on any atom is 0.199 e.